The monoisotopic (exact) mass is 303 g/mol. The van der Waals surface area contributed by atoms with Gasteiger partial charge >= 0.3 is 5.97 Å². The molecule has 0 aliphatic rings. The Kier molecular flexibility index (Phi) is 6.57. The molecule has 1 aromatic carbocycles. The van der Waals surface area contributed by atoms with Crippen LogP contribution in [-0.4, -0.2) is 24.5 Å². The molecule has 0 unspecified atom stereocenters. The van der Waals surface area contributed by atoms with E-state index in [1.807, 2.05) is 6.92 Å². The zero-order valence-corrected chi connectivity index (χ0v) is 12.5. The first-order valence-corrected chi connectivity index (χ1v) is 6.78. The largest absolute Gasteiger partial charge is 0.462 e. The standard InChI is InChI=1S/C15H17N3O4/c1-3-4-7-22-15(19)12(10-16)8-11-5-6-13(17-2)14(9-11)18(20)21/h5-6,8-9,17H,3-4,7H2,1-2H3/b12-8+. The molecule has 0 aromatic heterocycles. The van der Waals surface area contributed by atoms with E-state index in [1.54, 1.807) is 19.2 Å². The molecule has 0 aliphatic carbocycles. The van der Waals surface area contributed by atoms with Gasteiger partial charge in [-0.05, 0) is 24.1 Å². The van der Waals surface area contributed by atoms with Gasteiger partial charge in [-0.1, -0.05) is 19.4 Å². The minimum Gasteiger partial charge on any atom is -0.462 e. The molecule has 0 amide bonds. The summed E-state index contributed by atoms with van der Waals surface area (Å²) in [4.78, 5) is 22.2. The summed E-state index contributed by atoms with van der Waals surface area (Å²) in [7, 11) is 1.57. The first-order chi connectivity index (χ1) is 10.5. The fourth-order valence-corrected chi connectivity index (χ4v) is 1.69. The number of carbonyl (C=O) groups excluding carboxylic acids is 1. The highest BCUT2D eigenvalue weighted by Gasteiger charge is 2.15. The van der Waals surface area contributed by atoms with Gasteiger partial charge < -0.3 is 10.1 Å². The van der Waals surface area contributed by atoms with E-state index in [0.717, 1.165) is 6.42 Å². The number of nitrogens with zero attached hydrogens (tertiary/aromatic N) is 2. The van der Waals surface area contributed by atoms with Crippen LogP contribution in [-0.2, 0) is 9.53 Å². The number of hydrogen-bond donors (Lipinski definition) is 1. The van der Waals surface area contributed by atoms with Gasteiger partial charge in [0.2, 0.25) is 0 Å². The van der Waals surface area contributed by atoms with Gasteiger partial charge in [-0.3, -0.25) is 10.1 Å². The molecule has 1 aromatic rings. The quantitative estimate of drug-likeness (QED) is 0.207. The maximum atomic E-state index is 11.7. The Hall–Kier alpha value is -2.88. The van der Waals surface area contributed by atoms with Crippen LogP contribution in [0.25, 0.3) is 6.08 Å². The lowest BCUT2D eigenvalue weighted by Gasteiger charge is -2.04. The highest BCUT2D eigenvalue weighted by molar-refractivity contribution is 5.98. The molecule has 116 valence electrons. The molecule has 0 spiro atoms. The maximum Gasteiger partial charge on any atom is 0.348 e. The number of nitrogens with one attached hydrogen (secondary N) is 1. The SMILES string of the molecule is CCCCOC(=O)/C(C#N)=C/c1ccc(NC)c([N+](=O)[O-])c1. The number of nitro benzene ring substituents is 1. The molecule has 0 atom stereocenters. The minimum atomic E-state index is -0.726. The van der Waals surface area contributed by atoms with Crippen molar-refractivity contribution in [3.8, 4) is 6.07 Å². The molecule has 0 saturated heterocycles. The van der Waals surface area contributed by atoms with Crippen LogP contribution in [0, 0.1) is 21.4 Å². The molecule has 0 bridgehead atoms. The van der Waals surface area contributed by atoms with Gasteiger partial charge in [0.05, 0.1) is 11.5 Å². The lowest BCUT2D eigenvalue weighted by atomic mass is 10.1. The number of esters is 1. The van der Waals surface area contributed by atoms with Gasteiger partial charge in [0.15, 0.2) is 0 Å². The topological polar surface area (TPSA) is 105 Å². The molecule has 0 fully saturated rings. The molecular weight excluding hydrogens is 286 g/mol. The van der Waals surface area contributed by atoms with Gasteiger partial charge in [-0.15, -0.1) is 0 Å². The van der Waals surface area contributed by atoms with E-state index in [9.17, 15) is 14.9 Å². The van der Waals surface area contributed by atoms with Crippen LogP contribution in [0.5, 0.6) is 0 Å². The molecular formula is C15H17N3O4. The fourth-order valence-electron chi connectivity index (χ4n) is 1.69. The summed E-state index contributed by atoms with van der Waals surface area (Å²) in [5.41, 5.74) is 0.413. The summed E-state index contributed by atoms with van der Waals surface area (Å²) in [5, 5.41) is 22.7. The molecule has 0 saturated carbocycles. The number of hydrogen-bond acceptors (Lipinski definition) is 6. The average Bonchev–Trinajstić information content (AvgIpc) is 2.52. The fraction of sp³-hybridized carbons (Fsp3) is 0.333. The second-order valence-electron chi connectivity index (χ2n) is 4.44. The molecule has 0 aliphatic heterocycles. The van der Waals surface area contributed by atoms with Crippen molar-refractivity contribution in [2.45, 2.75) is 19.8 Å². The Balaban J connectivity index is 3.03. The molecule has 7 nitrogen and oxygen atoms in total. The third-order valence-corrected chi connectivity index (χ3v) is 2.87. The van der Waals surface area contributed by atoms with Gasteiger partial charge in [0.25, 0.3) is 5.69 Å². The van der Waals surface area contributed by atoms with Crippen LogP contribution in [0.4, 0.5) is 11.4 Å². The number of anilines is 1. The Morgan fingerprint density at radius 1 is 1.55 bits per heavy atom. The highest BCUT2D eigenvalue weighted by Crippen LogP contribution is 2.26. The number of unbranched alkanes of at least 4 members (excludes halogenated alkanes) is 1. The average molecular weight is 303 g/mol. The van der Waals surface area contributed by atoms with E-state index >= 15 is 0 Å². The number of benzene rings is 1. The van der Waals surface area contributed by atoms with Crippen LogP contribution < -0.4 is 5.32 Å². The van der Waals surface area contributed by atoms with E-state index in [-0.39, 0.29) is 17.9 Å². The predicted octanol–water partition coefficient (Wildman–Crippen LogP) is 2.89. The summed E-state index contributed by atoms with van der Waals surface area (Å²) in [6.07, 6.45) is 2.87. The summed E-state index contributed by atoms with van der Waals surface area (Å²) in [5.74, 6) is -0.726. The van der Waals surface area contributed by atoms with Crippen molar-refractivity contribution in [3.05, 3.63) is 39.4 Å². The molecule has 1 N–H and O–H groups in total. The maximum absolute atomic E-state index is 11.7. The van der Waals surface area contributed by atoms with Gasteiger partial charge in [-0.25, -0.2) is 4.79 Å². The van der Waals surface area contributed by atoms with Crippen LogP contribution in [0.15, 0.2) is 23.8 Å². The van der Waals surface area contributed by atoms with Gasteiger partial charge in [0.1, 0.15) is 17.3 Å². The lowest BCUT2D eigenvalue weighted by Crippen LogP contribution is -2.07. The first kappa shape index (κ1) is 17.2. The number of rotatable bonds is 7. The van der Waals surface area contributed by atoms with Crippen molar-refractivity contribution >= 4 is 23.4 Å². The summed E-state index contributed by atoms with van der Waals surface area (Å²) in [6.45, 7) is 2.20. The Morgan fingerprint density at radius 3 is 2.82 bits per heavy atom. The molecule has 22 heavy (non-hydrogen) atoms. The van der Waals surface area contributed by atoms with E-state index < -0.39 is 10.9 Å². The van der Waals surface area contributed by atoms with E-state index in [1.165, 1.54) is 18.2 Å². The first-order valence-electron chi connectivity index (χ1n) is 6.78. The van der Waals surface area contributed by atoms with Crippen molar-refractivity contribution < 1.29 is 14.5 Å². The van der Waals surface area contributed by atoms with Crippen LogP contribution >= 0.6 is 0 Å². The number of ether oxygens (including phenoxy) is 1. The smallest absolute Gasteiger partial charge is 0.348 e. The third-order valence-electron chi connectivity index (χ3n) is 2.87. The summed E-state index contributed by atoms with van der Waals surface area (Å²) < 4.78 is 4.95. The molecule has 0 heterocycles. The van der Waals surface area contributed by atoms with E-state index in [2.05, 4.69) is 5.32 Å². The number of nitro groups is 1. The minimum absolute atomic E-state index is 0.132. The second-order valence-corrected chi connectivity index (χ2v) is 4.44. The zero-order valence-electron chi connectivity index (χ0n) is 12.5. The Bertz CT molecular complexity index is 632. The summed E-state index contributed by atoms with van der Waals surface area (Å²) in [6, 6.07) is 6.14. The van der Waals surface area contributed by atoms with E-state index in [0.29, 0.717) is 17.7 Å². The van der Waals surface area contributed by atoms with E-state index in [4.69, 9.17) is 10.00 Å². The van der Waals surface area contributed by atoms with Crippen LogP contribution in [0.1, 0.15) is 25.3 Å². The highest BCUT2D eigenvalue weighted by atomic mass is 16.6. The number of carbonyl (C=O) groups is 1. The lowest BCUT2D eigenvalue weighted by molar-refractivity contribution is -0.384. The molecule has 1 rings (SSSR count). The number of nitriles is 1. The zero-order chi connectivity index (χ0) is 16.5. The third kappa shape index (κ3) is 4.59. The van der Waals surface area contributed by atoms with Crippen molar-refractivity contribution in [2.75, 3.05) is 19.0 Å². The van der Waals surface area contributed by atoms with Crippen molar-refractivity contribution in [1.29, 1.82) is 5.26 Å². The van der Waals surface area contributed by atoms with Crippen molar-refractivity contribution in [3.63, 3.8) is 0 Å². The predicted molar refractivity (Wildman–Crippen MR) is 82.1 cm³/mol. The molecule has 0 radical (unpaired) electrons. The van der Waals surface area contributed by atoms with Gasteiger partial charge in [0, 0.05) is 13.1 Å². The normalized spacial score (nSPS) is 10.7. The van der Waals surface area contributed by atoms with Crippen LogP contribution in [0.3, 0.4) is 0 Å². The second kappa shape index (κ2) is 8.42. The van der Waals surface area contributed by atoms with Gasteiger partial charge in [-0.2, -0.15) is 5.26 Å². The van der Waals surface area contributed by atoms with Crippen molar-refractivity contribution in [1.82, 2.24) is 0 Å². The van der Waals surface area contributed by atoms with Crippen LogP contribution in [0.2, 0.25) is 0 Å². The Labute approximate surface area is 128 Å². The summed E-state index contributed by atoms with van der Waals surface area (Å²) >= 11 is 0. The molecule has 7 heteroatoms. The Morgan fingerprint density at radius 2 is 2.27 bits per heavy atom. The van der Waals surface area contributed by atoms with Crippen molar-refractivity contribution in [2.24, 2.45) is 0 Å².